The SMILES string of the molecule is CC(C)(C)S(=O)CCNC(=O)c1ccccc1OCC(N)=O. The van der Waals surface area contributed by atoms with Crippen LogP contribution in [0.2, 0.25) is 0 Å². The highest BCUT2D eigenvalue weighted by Gasteiger charge is 2.19. The number of ether oxygens (including phenoxy) is 1. The van der Waals surface area contributed by atoms with E-state index in [1.165, 1.54) is 0 Å². The number of rotatable bonds is 7. The minimum Gasteiger partial charge on any atom is -0.483 e. The molecule has 1 atom stereocenters. The van der Waals surface area contributed by atoms with E-state index in [0.29, 0.717) is 17.9 Å². The summed E-state index contributed by atoms with van der Waals surface area (Å²) in [6, 6.07) is 6.57. The summed E-state index contributed by atoms with van der Waals surface area (Å²) in [7, 11) is -1.03. The number of nitrogens with two attached hydrogens (primary N) is 1. The van der Waals surface area contributed by atoms with Crippen LogP contribution in [0.15, 0.2) is 24.3 Å². The Balaban J connectivity index is 2.62. The van der Waals surface area contributed by atoms with Gasteiger partial charge in [0.1, 0.15) is 5.75 Å². The molecule has 0 aliphatic carbocycles. The molecule has 122 valence electrons. The summed E-state index contributed by atoms with van der Waals surface area (Å²) in [4.78, 5) is 22.9. The molecular weight excluding hydrogens is 304 g/mol. The Morgan fingerprint density at radius 1 is 1.27 bits per heavy atom. The Morgan fingerprint density at radius 3 is 2.50 bits per heavy atom. The van der Waals surface area contributed by atoms with Crippen molar-refractivity contribution in [3.8, 4) is 5.75 Å². The Labute approximate surface area is 132 Å². The lowest BCUT2D eigenvalue weighted by Gasteiger charge is -2.17. The summed E-state index contributed by atoms with van der Waals surface area (Å²) in [6.07, 6.45) is 0. The van der Waals surface area contributed by atoms with Gasteiger partial charge >= 0.3 is 0 Å². The van der Waals surface area contributed by atoms with Crippen LogP contribution >= 0.6 is 0 Å². The zero-order valence-electron chi connectivity index (χ0n) is 13.0. The Hall–Kier alpha value is -1.89. The fraction of sp³-hybridized carbons (Fsp3) is 0.467. The van der Waals surface area contributed by atoms with E-state index in [1.54, 1.807) is 24.3 Å². The van der Waals surface area contributed by atoms with Crippen LogP contribution in [0.4, 0.5) is 0 Å². The first-order valence-corrected chi connectivity index (χ1v) is 8.20. The van der Waals surface area contributed by atoms with Crippen molar-refractivity contribution in [3.05, 3.63) is 29.8 Å². The molecule has 0 spiro atoms. The maximum atomic E-state index is 12.1. The minimum absolute atomic E-state index is 0.288. The summed E-state index contributed by atoms with van der Waals surface area (Å²) in [5, 5.41) is 2.70. The van der Waals surface area contributed by atoms with Crippen molar-refractivity contribution >= 4 is 22.6 Å². The smallest absolute Gasteiger partial charge is 0.255 e. The van der Waals surface area contributed by atoms with Gasteiger partial charge in [-0.05, 0) is 32.9 Å². The van der Waals surface area contributed by atoms with Gasteiger partial charge in [-0.25, -0.2) is 0 Å². The Kier molecular flexibility index (Phi) is 6.55. The third-order valence-electron chi connectivity index (χ3n) is 2.76. The van der Waals surface area contributed by atoms with Crippen molar-refractivity contribution in [3.63, 3.8) is 0 Å². The van der Waals surface area contributed by atoms with E-state index < -0.39 is 16.7 Å². The second-order valence-electron chi connectivity index (χ2n) is 5.67. The van der Waals surface area contributed by atoms with E-state index in [2.05, 4.69) is 5.32 Å². The van der Waals surface area contributed by atoms with Crippen LogP contribution in [0.25, 0.3) is 0 Å². The van der Waals surface area contributed by atoms with Crippen LogP contribution in [0, 0.1) is 0 Å². The fourth-order valence-corrected chi connectivity index (χ4v) is 2.49. The number of nitrogens with one attached hydrogen (secondary N) is 1. The first-order chi connectivity index (χ1) is 10.2. The monoisotopic (exact) mass is 326 g/mol. The average Bonchev–Trinajstić information content (AvgIpc) is 2.44. The third-order valence-corrected chi connectivity index (χ3v) is 4.70. The Bertz CT molecular complexity index is 567. The molecule has 1 unspecified atom stereocenters. The summed E-state index contributed by atoms with van der Waals surface area (Å²) < 4.78 is 16.8. The molecule has 1 aromatic rings. The van der Waals surface area contributed by atoms with Gasteiger partial charge in [-0.1, -0.05) is 12.1 Å². The molecule has 0 saturated carbocycles. The largest absolute Gasteiger partial charge is 0.483 e. The van der Waals surface area contributed by atoms with Crippen LogP contribution in [-0.4, -0.2) is 39.7 Å². The third kappa shape index (κ3) is 5.85. The summed E-state index contributed by atoms with van der Waals surface area (Å²) in [5.41, 5.74) is 5.33. The highest BCUT2D eigenvalue weighted by atomic mass is 32.2. The van der Waals surface area contributed by atoms with Gasteiger partial charge in [0, 0.05) is 27.8 Å². The number of carbonyl (C=O) groups excluding carboxylic acids is 2. The van der Waals surface area contributed by atoms with Crippen LogP contribution in [-0.2, 0) is 15.6 Å². The van der Waals surface area contributed by atoms with Gasteiger partial charge < -0.3 is 15.8 Å². The number of primary amides is 1. The number of hydrogen-bond acceptors (Lipinski definition) is 4. The van der Waals surface area contributed by atoms with Crippen LogP contribution in [0.5, 0.6) is 5.75 Å². The lowest BCUT2D eigenvalue weighted by molar-refractivity contribution is -0.119. The van der Waals surface area contributed by atoms with E-state index in [4.69, 9.17) is 10.5 Å². The summed E-state index contributed by atoms with van der Waals surface area (Å²) >= 11 is 0. The van der Waals surface area contributed by atoms with Gasteiger partial charge in [-0.2, -0.15) is 0 Å². The number of carbonyl (C=O) groups is 2. The van der Waals surface area contributed by atoms with E-state index in [-0.39, 0.29) is 23.0 Å². The van der Waals surface area contributed by atoms with Crippen LogP contribution in [0.1, 0.15) is 31.1 Å². The quantitative estimate of drug-likeness (QED) is 0.775. The van der Waals surface area contributed by atoms with Crippen LogP contribution in [0.3, 0.4) is 0 Å². The molecule has 1 aromatic carbocycles. The molecular formula is C15H22N2O4S. The van der Waals surface area contributed by atoms with E-state index in [0.717, 1.165) is 0 Å². The highest BCUT2D eigenvalue weighted by Crippen LogP contribution is 2.17. The van der Waals surface area contributed by atoms with Crippen molar-refractivity contribution < 1.29 is 18.5 Å². The standard InChI is InChI=1S/C15H22N2O4S/c1-15(2,3)22(20)9-8-17-14(19)11-6-4-5-7-12(11)21-10-13(16)18/h4-7H,8-10H2,1-3H3,(H2,16,18)(H,17,19). The second kappa shape index (κ2) is 7.93. The molecule has 3 N–H and O–H groups in total. The molecule has 0 fully saturated rings. The molecule has 0 aromatic heterocycles. The lowest BCUT2D eigenvalue weighted by atomic mass is 10.2. The molecule has 0 aliphatic heterocycles. The minimum atomic E-state index is -1.03. The number of benzene rings is 1. The van der Waals surface area contributed by atoms with Crippen molar-refractivity contribution in [2.24, 2.45) is 5.73 Å². The summed E-state index contributed by atoms with van der Waals surface area (Å²) in [5.74, 6) is -0.294. The van der Waals surface area contributed by atoms with Gasteiger partial charge in [0.2, 0.25) is 0 Å². The number of hydrogen-bond donors (Lipinski definition) is 2. The van der Waals surface area contributed by atoms with Crippen molar-refractivity contribution in [1.82, 2.24) is 5.32 Å². The number of para-hydroxylation sites is 1. The average molecular weight is 326 g/mol. The first kappa shape index (κ1) is 18.2. The second-order valence-corrected chi connectivity index (χ2v) is 7.99. The zero-order chi connectivity index (χ0) is 16.8. The predicted octanol–water partition coefficient (Wildman–Crippen LogP) is 0.828. The highest BCUT2D eigenvalue weighted by molar-refractivity contribution is 7.86. The molecule has 0 bridgehead atoms. The normalized spacial score (nSPS) is 12.5. The van der Waals surface area contributed by atoms with Crippen molar-refractivity contribution in [2.75, 3.05) is 18.9 Å². The zero-order valence-corrected chi connectivity index (χ0v) is 13.9. The van der Waals surface area contributed by atoms with E-state index >= 15 is 0 Å². The van der Waals surface area contributed by atoms with Crippen molar-refractivity contribution in [1.29, 1.82) is 0 Å². The fourth-order valence-electron chi connectivity index (χ4n) is 1.59. The summed E-state index contributed by atoms with van der Waals surface area (Å²) in [6.45, 7) is 5.67. The van der Waals surface area contributed by atoms with Gasteiger partial charge in [-0.3, -0.25) is 13.8 Å². The number of amides is 2. The van der Waals surface area contributed by atoms with Crippen molar-refractivity contribution in [2.45, 2.75) is 25.5 Å². The first-order valence-electron chi connectivity index (χ1n) is 6.88. The van der Waals surface area contributed by atoms with Gasteiger partial charge in [0.05, 0.1) is 5.56 Å². The molecule has 0 radical (unpaired) electrons. The molecule has 22 heavy (non-hydrogen) atoms. The topological polar surface area (TPSA) is 98.5 Å². The molecule has 1 rings (SSSR count). The van der Waals surface area contributed by atoms with E-state index in [1.807, 2.05) is 20.8 Å². The Morgan fingerprint density at radius 2 is 1.91 bits per heavy atom. The molecule has 2 amide bonds. The molecule has 0 heterocycles. The predicted molar refractivity (Wildman–Crippen MR) is 86.2 cm³/mol. The maximum absolute atomic E-state index is 12.1. The lowest BCUT2D eigenvalue weighted by Crippen LogP contribution is -2.33. The maximum Gasteiger partial charge on any atom is 0.255 e. The molecule has 0 saturated heterocycles. The van der Waals surface area contributed by atoms with Gasteiger partial charge in [-0.15, -0.1) is 0 Å². The van der Waals surface area contributed by atoms with Gasteiger partial charge in [0.15, 0.2) is 6.61 Å². The molecule has 7 heteroatoms. The molecule has 0 aliphatic rings. The van der Waals surface area contributed by atoms with Gasteiger partial charge in [0.25, 0.3) is 11.8 Å². The van der Waals surface area contributed by atoms with Crippen LogP contribution < -0.4 is 15.8 Å². The molecule has 6 nitrogen and oxygen atoms in total. The van der Waals surface area contributed by atoms with E-state index in [9.17, 15) is 13.8 Å².